The molecule has 0 amide bonds. The summed E-state index contributed by atoms with van der Waals surface area (Å²) >= 11 is 0. The minimum absolute atomic E-state index is 0.0973. The van der Waals surface area contributed by atoms with Crippen molar-refractivity contribution in [2.24, 2.45) is 0 Å². The molecule has 0 bridgehead atoms. The maximum atomic E-state index is 13.0. The van der Waals surface area contributed by atoms with E-state index in [9.17, 15) is 13.2 Å². The molecule has 0 aliphatic rings. The van der Waals surface area contributed by atoms with Crippen LogP contribution in [-0.4, -0.2) is 52.0 Å². The lowest BCUT2D eigenvalue weighted by molar-refractivity contribution is -0.123. The summed E-state index contributed by atoms with van der Waals surface area (Å²) in [6, 6.07) is 5.23. The molecule has 0 unspecified atom stereocenters. The van der Waals surface area contributed by atoms with Crippen LogP contribution >= 0.6 is 0 Å². The van der Waals surface area contributed by atoms with E-state index in [1.807, 2.05) is 13.0 Å². The fourth-order valence-corrected chi connectivity index (χ4v) is 3.57. The van der Waals surface area contributed by atoms with E-state index in [2.05, 4.69) is 24.9 Å². The lowest BCUT2D eigenvalue weighted by atomic mass is 9.82. The van der Waals surface area contributed by atoms with Crippen molar-refractivity contribution in [1.82, 2.24) is 24.9 Å². The van der Waals surface area contributed by atoms with Gasteiger partial charge in [0, 0.05) is 36.3 Å². The summed E-state index contributed by atoms with van der Waals surface area (Å²) in [5, 5.41) is 0. The Morgan fingerprint density at radius 2 is 1.84 bits per heavy atom. The van der Waals surface area contributed by atoms with Crippen LogP contribution in [0.1, 0.15) is 38.0 Å². The number of carbonyl (C=O) groups is 1. The second-order valence-corrected chi connectivity index (χ2v) is 10.0. The summed E-state index contributed by atoms with van der Waals surface area (Å²) < 4.78 is 28.5. The highest BCUT2D eigenvalue weighted by Gasteiger charge is 2.31. The van der Waals surface area contributed by atoms with Crippen LogP contribution in [0, 0.1) is 0 Å². The molecule has 3 aromatic rings. The molecule has 9 nitrogen and oxygen atoms in total. The zero-order chi connectivity index (χ0) is 23.4. The Kier molecular flexibility index (Phi) is 6.93. The van der Waals surface area contributed by atoms with Crippen molar-refractivity contribution in [3.05, 3.63) is 60.2 Å². The standard InChI is InChI=1S/C22H25N5O4S/c1-5-31-21-13-23-12-17(26-21)15-6-7-16(25-11-15)10-19(28)22(2,3)18-8-9-24-20(27-18)14-32(4,29)30/h6-9,11-13H,5,10,14H2,1-4H3. The number of rotatable bonds is 9. The molecule has 0 aromatic carbocycles. The van der Waals surface area contributed by atoms with E-state index < -0.39 is 15.3 Å². The molecule has 0 N–H and O–H groups in total. The van der Waals surface area contributed by atoms with Gasteiger partial charge in [0.2, 0.25) is 5.88 Å². The number of hydrogen-bond acceptors (Lipinski definition) is 9. The number of nitrogens with zero attached hydrogens (tertiary/aromatic N) is 5. The van der Waals surface area contributed by atoms with Crippen LogP contribution in [-0.2, 0) is 32.2 Å². The number of Topliss-reactive ketones (excluding diaryl/α,β-unsaturated/α-hetero) is 1. The molecule has 0 radical (unpaired) electrons. The van der Waals surface area contributed by atoms with E-state index in [4.69, 9.17) is 4.74 Å². The van der Waals surface area contributed by atoms with E-state index in [0.717, 1.165) is 11.8 Å². The van der Waals surface area contributed by atoms with E-state index in [0.29, 0.717) is 29.6 Å². The number of ether oxygens (including phenoxy) is 1. The van der Waals surface area contributed by atoms with Crippen LogP contribution in [0.2, 0.25) is 0 Å². The van der Waals surface area contributed by atoms with Crippen molar-refractivity contribution in [1.29, 1.82) is 0 Å². The molecule has 0 atom stereocenters. The lowest BCUT2D eigenvalue weighted by Crippen LogP contribution is -2.32. The second kappa shape index (κ2) is 9.47. The van der Waals surface area contributed by atoms with Crippen LogP contribution in [0.15, 0.2) is 43.0 Å². The summed E-state index contributed by atoms with van der Waals surface area (Å²) in [5.41, 5.74) is 1.52. The number of pyridine rings is 1. The fourth-order valence-electron chi connectivity index (χ4n) is 2.96. The molecular formula is C22H25N5O4S. The third-order valence-corrected chi connectivity index (χ3v) is 5.58. The topological polar surface area (TPSA) is 125 Å². The van der Waals surface area contributed by atoms with Crippen molar-refractivity contribution in [3.63, 3.8) is 0 Å². The molecule has 3 heterocycles. The molecule has 0 spiro atoms. The first kappa shape index (κ1) is 23.4. The number of carbonyl (C=O) groups excluding carboxylic acids is 1. The Balaban J connectivity index is 1.75. The Morgan fingerprint density at radius 3 is 2.50 bits per heavy atom. The Labute approximate surface area is 187 Å². The minimum Gasteiger partial charge on any atom is -0.477 e. The zero-order valence-corrected chi connectivity index (χ0v) is 19.3. The fraction of sp³-hybridized carbons (Fsp3) is 0.364. The molecule has 0 aliphatic heterocycles. The van der Waals surface area contributed by atoms with Crippen molar-refractivity contribution in [2.75, 3.05) is 12.9 Å². The van der Waals surface area contributed by atoms with Gasteiger partial charge < -0.3 is 4.74 Å². The third kappa shape index (κ3) is 5.91. The van der Waals surface area contributed by atoms with Gasteiger partial charge in [0.1, 0.15) is 17.4 Å². The second-order valence-electron chi connectivity index (χ2n) is 7.87. The lowest BCUT2D eigenvalue weighted by Gasteiger charge is -2.22. The van der Waals surface area contributed by atoms with Gasteiger partial charge in [-0.05, 0) is 39.0 Å². The van der Waals surface area contributed by atoms with Crippen LogP contribution < -0.4 is 4.74 Å². The minimum atomic E-state index is -3.28. The Bertz CT molecular complexity index is 1210. The van der Waals surface area contributed by atoms with Crippen molar-refractivity contribution in [3.8, 4) is 17.1 Å². The van der Waals surface area contributed by atoms with Gasteiger partial charge in [0.25, 0.3) is 0 Å². The molecule has 10 heteroatoms. The van der Waals surface area contributed by atoms with Gasteiger partial charge in [-0.3, -0.25) is 14.8 Å². The van der Waals surface area contributed by atoms with Crippen molar-refractivity contribution < 1.29 is 17.9 Å². The normalized spacial score (nSPS) is 11.9. The molecular weight excluding hydrogens is 430 g/mol. The summed E-state index contributed by atoms with van der Waals surface area (Å²) in [6.07, 6.45) is 7.50. The van der Waals surface area contributed by atoms with Gasteiger partial charge >= 0.3 is 0 Å². The molecule has 168 valence electrons. The number of sulfone groups is 1. The van der Waals surface area contributed by atoms with Crippen molar-refractivity contribution in [2.45, 2.75) is 38.4 Å². The number of ketones is 1. The highest BCUT2D eigenvalue weighted by atomic mass is 32.2. The van der Waals surface area contributed by atoms with E-state index in [1.165, 1.54) is 6.20 Å². The predicted octanol–water partition coefficient (Wildman–Crippen LogP) is 2.36. The van der Waals surface area contributed by atoms with Gasteiger partial charge in [-0.2, -0.15) is 0 Å². The van der Waals surface area contributed by atoms with E-state index >= 15 is 0 Å². The van der Waals surface area contributed by atoms with E-state index in [-0.39, 0.29) is 23.8 Å². The van der Waals surface area contributed by atoms with Crippen molar-refractivity contribution >= 4 is 15.6 Å². The first-order chi connectivity index (χ1) is 15.1. The van der Waals surface area contributed by atoms with Crippen LogP contribution in [0.4, 0.5) is 0 Å². The summed E-state index contributed by atoms with van der Waals surface area (Å²) in [6.45, 7) is 5.88. The first-order valence-corrected chi connectivity index (χ1v) is 12.1. The zero-order valence-electron chi connectivity index (χ0n) is 18.4. The Morgan fingerprint density at radius 1 is 1.06 bits per heavy atom. The van der Waals surface area contributed by atoms with Crippen LogP contribution in [0.25, 0.3) is 11.3 Å². The molecule has 0 aliphatic carbocycles. The van der Waals surface area contributed by atoms with Gasteiger partial charge in [0.15, 0.2) is 9.84 Å². The van der Waals surface area contributed by atoms with Gasteiger partial charge in [0.05, 0.1) is 35.8 Å². The van der Waals surface area contributed by atoms with E-state index in [1.54, 1.807) is 44.6 Å². The van der Waals surface area contributed by atoms with Crippen LogP contribution in [0.3, 0.4) is 0 Å². The van der Waals surface area contributed by atoms with Crippen LogP contribution in [0.5, 0.6) is 5.88 Å². The quantitative estimate of drug-likeness (QED) is 0.478. The van der Waals surface area contributed by atoms with Gasteiger partial charge in [-0.15, -0.1) is 0 Å². The summed E-state index contributed by atoms with van der Waals surface area (Å²) in [5.74, 6) is 0.233. The third-order valence-electron chi connectivity index (χ3n) is 4.80. The maximum absolute atomic E-state index is 13.0. The highest BCUT2D eigenvalue weighted by molar-refractivity contribution is 7.89. The predicted molar refractivity (Wildman–Crippen MR) is 119 cm³/mol. The number of hydrogen-bond donors (Lipinski definition) is 0. The Hall–Kier alpha value is -3.27. The smallest absolute Gasteiger partial charge is 0.232 e. The first-order valence-electron chi connectivity index (χ1n) is 10.0. The summed E-state index contributed by atoms with van der Waals surface area (Å²) in [7, 11) is -3.28. The highest BCUT2D eigenvalue weighted by Crippen LogP contribution is 2.25. The average Bonchev–Trinajstić information content (AvgIpc) is 2.74. The molecule has 0 saturated carbocycles. The number of aromatic nitrogens is 5. The largest absolute Gasteiger partial charge is 0.477 e. The molecule has 32 heavy (non-hydrogen) atoms. The molecule has 3 aromatic heterocycles. The molecule has 0 saturated heterocycles. The summed E-state index contributed by atoms with van der Waals surface area (Å²) in [4.78, 5) is 34.3. The van der Waals surface area contributed by atoms with Gasteiger partial charge in [-0.25, -0.2) is 23.4 Å². The molecule has 0 fully saturated rings. The monoisotopic (exact) mass is 455 g/mol. The average molecular weight is 456 g/mol. The molecule has 3 rings (SSSR count). The maximum Gasteiger partial charge on any atom is 0.232 e. The van der Waals surface area contributed by atoms with Gasteiger partial charge in [-0.1, -0.05) is 0 Å². The SMILES string of the molecule is CCOc1cncc(-c2ccc(CC(=O)C(C)(C)c3ccnc(CS(C)(=O)=O)n3)nc2)n1.